The molecule has 0 unspecified atom stereocenters. The third-order valence-corrected chi connectivity index (χ3v) is 4.95. The Morgan fingerprint density at radius 2 is 1.88 bits per heavy atom. The van der Waals surface area contributed by atoms with Gasteiger partial charge in [0, 0.05) is 31.2 Å². The third kappa shape index (κ3) is 4.11. The number of nitrogens with one attached hydrogen (secondary N) is 1. The second-order valence-electron chi connectivity index (χ2n) is 7.16. The average molecular weight is 334 g/mol. The molecule has 0 aromatic carbocycles. The van der Waals surface area contributed by atoms with E-state index in [1.807, 2.05) is 12.3 Å². The molecule has 6 nitrogen and oxygen atoms in total. The molecule has 1 aromatic heterocycles. The molecule has 2 heterocycles. The van der Waals surface area contributed by atoms with Crippen LogP contribution in [-0.4, -0.2) is 49.5 Å². The first-order valence-electron chi connectivity index (χ1n) is 9.01. The second kappa shape index (κ2) is 7.57. The van der Waals surface area contributed by atoms with Gasteiger partial charge in [0.1, 0.15) is 11.6 Å². The van der Waals surface area contributed by atoms with Crippen LogP contribution >= 0.6 is 0 Å². The molecule has 134 valence electrons. The van der Waals surface area contributed by atoms with E-state index in [4.69, 9.17) is 15.2 Å². The van der Waals surface area contributed by atoms with Crippen LogP contribution in [0.2, 0.25) is 0 Å². The SMILES string of the molecule is COc1cc(N2C[C@@H](C)O[C@@H](C)C2)ncc1NC1CCC(N)CC1. The van der Waals surface area contributed by atoms with Gasteiger partial charge in [-0.15, -0.1) is 0 Å². The first kappa shape index (κ1) is 17.3. The predicted molar refractivity (Wildman–Crippen MR) is 96.9 cm³/mol. The Balaban J connectivity index is 1.71. The molecule has 3 N–H and O–H groups in total. The molecular formula is C18H30N4O2. The van der Waals surface area contributed by atoms with Gasteiger partial charge >= 0.3 is 0 Å². The van der Waals surface area contributed by atoms with Crippen molar-refractivity contribution in [1.29, 1.82) is 0 Å². The van der Waals surface area contributed by atoms with Gasteiger partial charge in [-0.05, 0) is 39.5 Å². The van der Waals surface area contributed by atoms with Crippen molar-refractivity contribution < 1.29 is 9.47 Å². The maximum absolute atomic E-state index is 5.99. The number of anilines is 2. The van der Waals surface area contributed by atoms with Crippen LogP contribution in [0.4, 0.5) is 11.5 Å². The number of rotatable bonds is 4. The van der Waals surface area contributed by atoms with E-state index in [1.165, 1.54) is 0 Å². The molecule has 0 radical (unpaired) electrons. The van der Waals surface area contributed by atoms with E-state index in [1.54, 1.807) is 7.11 Å². The highest BCUT2D eigenvalue weighted by atomic mass is 16.5. The van der Waals surface area contributed by atoms with Gasteiger partial charge in [0.2, 0.25) is 0 Å². The maximum Gasteiger partial charge on any atom is 0.147 e. The standard InChI is InChI=1S/C18H30N4O2/c1-12-10-22(11-13(2)24-12)18-8-17(23-3)16(9-20-18)21-15-6-4-14(19)5-7-15/h8-9,12-15,21H,4-7,10-11,19H2,1-3H3/t12-,13+,14?,15?. The van der Waals surface area contributed by atoms with Crippen molar-refractivity contribution in [2.24, 2.45) is 5.73 Å². The zero-order chi connectivity index (χ0) is 17.1. The van der Waals surface area contributed by atoms with E-state index in [9.17, 15) is 0 Å². The Labute approximate surface area is 144 Å². The lowest BCUT2D eigenvalue weighted by Crippen LogP contribution is -2.45. The molecule has 6 heteroatoms. The van der Waals surface area contributed by atoms with Gasteiger partial charge in [-0.1, -0.05) is 0 Å². The van der Waals surface area contributed by atoms with E-state index < -0.39 is 0 Å². The fraction of sp³-hybridized carbons (Fsp3) is 0.722. The number of nitrogens with zero attached hydrogens (tertiary/aromatic N) is 2. The van der Waals surface area contributed by atoms with Crippen LogP contribution in [0.3, 0.4) is 0 Å². The Bertz CT molecular complexity index is 536. The largest absolute Gasteiger partial charge is 0.494 e. The lowest BCUT2D eigenvalue weighted by atomic mass is 9.92. The van der Waals surface area contributed by atoms with E-state index in [-0.39, 0.29) is 12.2 Å². The van der Waals surface area contributed by atoms with Crippen molar-refractivity contribution in [2.75, 3.05) is 30.4 Å². The minimum atomic E-state index is 0.214. The number of pyridine rings is 1. The van der Waals surface area contributed by atoms with Crippen molar-refractivity contribution in [1.82, 2.24) is 4.98 Å². The fourth-order valence-corrected chi connectivity index (χ4v) is 3.73. The first-order valence-corrected chi connectivity index (χ1v) is 9.01. The summed E-state index contributed by atoms with van der Waals surface area (Å²) in [7, 11) is 1.71. The van der Waals surface area contributed by atoms with Crippen LogP contribution in [0.1, 0.15) is 39.5 Å². The van der Waals surface area contributed by atoms with Crippen molar-refractivity contribution in [3.63, 3.8) is 0 Å². The third-order valence-electron chi connectivity index (χ3n) is 4.95. The van der Waals surface area contributed by atoms with Crippen molar-refractivity contribution >= 4 is 11.5 Å². The minimum absolute atomic E-state index is 0.214. The number of hydrogen-bond acceptors (Lipinski definition) is 6. The molecule has 3 rings (SSSR count). The van der Waals surface area contributed by atoms with Crippen LogP contribution in [0.25, 0.3) is 0 Å². The smallest absolute Gasteiger partial charge is 0.147 e. The van der Waals surface area contributed by atoms with Crippen LogP contribution in [0, 0.1) is 0 Å². The summed E-state index contributed by atoms with van der Waals surface area (Å²) in [6.07, 6.45) is 6.68. The highest BCUT2D eigenvalue weighted by molar-refractivity contribution is 5.61. The highest BCUT2D eigenvalue weighted by Gasteiger charge is 2.24. The lowest BCUT2D eigenvalue weighted by molar-refractivity contribution is -0.00546. The monoisotopic (exact) mass is 334 g/mol. The molecule has 2 aliphatic rings. The number of hydrogen-bond donors (Lipinski definition) is 2. The van der Waals surface area contributed by atoms with E-state index in [0.717, 1.165) is 56.0 Å². The minimum Gasteiger partial charge on any atom is -0.494 e. The molecule has 24 heavy (non-hydrogen) atoms. The highest BCUT2D eigenvalue weighted by Crippen LogP contribution is 2.31. The Morgan fingerprint density at radius 1 is 1.21 bits per heavy atom. The normalized spacial score (nSPS) is 30.9. The molecule has 2 atom stereocenters. The number of morpholine rings is 1. The van der Waals surface area contributed by atoms with Gasteiger partial charge in [0.05, 0.1) is 31.2 Å². The zero-order valence-electron chi connectivity index (χ0n) is 15.0. The van der Waals surface area contributed by atoms with Crippen molar-refractivity contribution in [3.8, 4) is 5.75 Å². The van der Waals surface area contributed by atoms with Gasteiger partial charge in [-0.25, -0.2) is 4.98 Å². The van der Waals surface area contributed by atoms with Crippen LogP contribution in [0.5, 0.6) is 5.75 Å². The molecular weight excluding hydrogens is 304 g/mol. The lowest BCUT2D eigenvalue weighted by Gasteiger charge is -2.36. The number of aromatic nitrogens is 1. The van der Waals surface area contributed by atoms with Crippen molar-refractivity contribution in [3.05, 3.63) is 12.3 Å². The summed E-state index contributed by atoms with van der Waals surface area (Å²) in [6.45, 7) is 5.91. The molecule has 0 amide bonds. The molecule has 1 aromatic rings. The second-order valence-corrected chi connectivity index (χ2v) is 7.16. The quantitative estimate of drug-likeness (QED) is 0.881. The van der Waals surface area contributed by atoms with Gasteiger partial charge in [0.15, 0.2) is 0 Å². The summed E-state index contributed by atoms with van der Waals surface area (Å²) >= 11 is 0. The van der Waals surface area contributed by atoms with E-state index in [0.29, 0.717) is 12.1 Å². The maximum atomic E-state index is 5.99. The van der Waals surface area contributed by atoms with Gasteiger partial charge in [0.25, 0.3) is 0 Å². The molecule has 2 fully saturated rings. The van der Waals surface area contributed by atoms with Gasteiger partial charge < -0.3 is 25.4 Å². The molecule has 0 spiro atoms. The summed E-state index contributed by atoms with van der Waals surface area (Å²) in [4.78, 5) is 6.93. The summed E-state index contributed by atoms with van der Waals surface area (Å²) in [5.41, 5.74) is 6.96. The van der Waals surface area contributed by atoms with Gasteiger partial charge in [-0.3, -0.25) is 0 Å². The van der Waals surface area contributed by atoms with E-state index in [2.05, 4.69) is 29.0 Å². The average Bonchev–Trinajstić information content (AvgIpc) is 2.56. The zero-order valence-corrected chi connectivity index (χ0v) is 15.0. The number of ether oxygens (including phenoxy) is 2. The first-order chi connectivity index (χ1) is 11.5. The van der Waals surface area contributed by atoms with Gasteiger partial charge in [-0.2, -0.15) is 0 Å². The Kier molecular flexibility index (Phi) is 5.46. The summed E-state index contributed by atoms with van der Waals surface area (Å²) < 4.78 is 11.4. The van der Waals surface area contributed by atoms with E-state index >= 15 is 0 Å². The summed E-state index contributed by atoms with van der Waals surface area (Å²) in [5.74, 6) is 1.80. The van der Waals surface area contributed by atoms with Crippen LogP contribution in [-0.2, 0) is 4.74 Å². The molecule has 1 aliphatic carbocycles. The molecule has 1 saturated carbocycles. The van der Waals surface area contributed by atoms with Crippen molar-refractivity contribution in [2.45, 2.75) is 63.8 Å². The summed E-state index contributed by atoms with van der Waals surface area (Å²) in [5, 5.41) is 3.58. The fourth-order valence-electron chi connectivity index (χ4n) is 3.73. The molecule has 1 aliphatic heterocycles. The number of methoxy groups -OCH3 is 1. The molecule has 1 saturated heterocycles. The summed E-state index contributed by atoms with van der Waals surface area (Å²) in [6, 6.07) is 2.84. The predicted octanol–water partition coefficient (Wildman–Crippen LogP) is 2.39. The molecule has 0 bridgehead atoms. The Hall–Kier alpha value is -1.53. The topological polar surface area (TPSA) is 72.6 Å². The van der Waals surface area contributed by atoms with Crippen LogP contribution < -0.4 is 20.7 Å². The number of nitrogens with two attached hydrogens (primary N) is 1. The van der Waals surface area contributed by atoms with Crippen LogP contribution in [0.15, 0.2) is 12.3 Å². The Morgan fingerprint density at radius 3 is 2.50 bits per heavy atom.